The van der Waals surface area contributed by atoms with Crippen LogP contribution in [0.3, 0.4) is 0 Å². The van der Waals surface area contributed by atoms with Gasteiger partial charge in [-0.15, -0.1) is 13.2 Å². The molecule has 1 heterocycles. The molecular formula is C4H5F3N2O. The molecule has 6 heteroatoms. The molecule has 0 aromatic rings. The lowest BCUT2D eigenvalue weighted by Gasteiger charge is -2.11. The van der Waals surface area contributed by atoms with Crippen LogP contribution in [0.1, 0.15) is 0 Å². The largest absolute Gasteiger partial charge is 0.524 e. The average Bonchev–Trinajstić information content (AvgIpc) is 2.12. The van der Waals surface area contributed by atoms with Gasteiger partial charge in [-0.1, -0.05) is 0 Å². The van der Waals surface area contributed by atoms with E-state index in [0.29, 0.717) is 0 Å². The first-order valence-electron chi connectivity index (χ1n) is 2.50. The first-order chi connectivity index (χ1) is 4.58. The molecular weight excluding hydrogens is 149 g/mol. The quantitative estimate of drug-likeness (QED) is 0.576. The molecule has 0 saturated heterocycles. The highest BCUT2D eigenvalue weighted by atomic mass is 19.4. The Bertz CT molecular complexity index is 144. The highest BCUT2D eigenvalue weighted by molar-refractivity contribution is 4.91. The van der Waals surface area contributed by atoms with Crippen molar-refractivity contribution in [2.24, 2.45) is 0 Å². The van der Waals surface area contributed by atoms with Crippen molar-refractivity contribution in [3.63, 3.8) is 0 Å². The van der Waals surface area contributed by atoms with E-state index in [-0.39, 0.29) is 0 Å². The molecule has 0 fully saturated rings. The van der Waals surface area contributed by atoms with Crippen LogP contribution in [-0.4, -0.2) is 12.6 Å². The topological polar surface area (TPSA) is 33.3 Å². The molecule has 0 aliphatic carbocycles. The number of nitrogens with one attached hydrogen (secondary N) is 2. The van der Waals surface area contributed by atoms with E-state index in [1.807, 2.05) is 0 Å². The van der Waals surface area contributed by atoms with Crippen LogP contribution in [0.4, 0.5) is 13.2 Å². The molecule has 1 aliphatic heterocycles. The molecule has 0 saturated carbocycles. The van der Waals surface area contributed by atoms with E-state index in [1.165, 1.54) is 12.3 Å². The van der Waals surface area contributed by atoms with E-state index < -0.39 is 12.6 Å². The summed E-state index contributed by atoms with van der Waals surface area (Å²) in [5, 5.41) is 0. The number of ether oxygens (including phenoxy) is 1. The van der Waals surface area contributed by atoms with Gasteiger partial charge in [0.15, 0.2) is 6.23 Å². The second-order valence-corrected chi connectivity index (χ2v) is 1.63. The molecule has 0 aromatic heterocycles. The molecule has 1 rings (SSSR count). The van der Waals surface area contributed by atoms with Crippen molar-refractivity contribution in [1.29, 1.82) is 0 Å². The summed E-state index contributed by atoms with van der Waals surface area (Å²) >= 11 is 0. The summed E-state index contributed by atoms with van der Waals surface area (Å²) in [6, 6.07) is 0. The lowest BCUT2D eigenvalue weighted by atomic mass is 10.6. The van der Waals surface area contributed by atoms with Crippen molar-refractivity contribution < 1.29 is 17.9 Å². The number of hydrazine groups is 1. The minimum Gasteiger partial charge on any atom is -0.326 e. The van der Waals surface area contributed by atoms with Gasteiger partial charge in [0.1, 0.15) is 0 Å². The van der Waals surface area contributed by atoms with Crippen molar-refractivity contribution in [2.75, 3.05) is 0 Å². The number of halogens is 3. The van der Waals surface area contributed by atoms with Crippen LogP contribution < -0.4 is 10.9 Å². The molecule has 3 nitrogen and oxygen atoms in total. The van der Waals surface area contributed by atoms with Crippen LogP contribution in [0.5, 0.6) is 0 Å². The zero-order chi connectivity index (χ0) is 7.61. The smallest absolute Gasteiger partial charge is 0.326 e. The van der Waals surface area contributed by atoms with E-state index in [0.717, 1.165) is 0 Å². The normalized spacial score (nSPS) is 24.9. The van der Waals surface area contributed by atoms with Crippen molar-refractivity contribution in [2.45, 2.75) is 12.6 Å². The maximum Gasteiger partial charge on any atom is 0.524 e. The Morgan fingerprint density at radius 3 is 2.50 bits per heavy atom. The van der Waals surface area contributed by atoms with Crippen molar-refractivity contribution in [3.05, 3.63) is 12.3 Å². The molecule has 1 atom stereocenters. The van der Waals surface area contributed by atoms with Gasteiger partial charge in [-0.3, -0.25) is 4.74 Å². The second-order valence-electron chi connectivity index (χ2n) is 1.63. The van der Waals surface area contributed by atoms with E-state index in [9.17, 15) is 13.2 Å². The van der Waals surface area contributed by atoms with Gasteiger partial charge in [0.05, 0.1) is 0 Å². The van der Waals surface area contributed by atoms with Gasteiger partial charge in [-0.05, 0) is 6.08 Å². The monoisotopic (exact) mass is 154 g/mol. The highest BCUT2D eigenvalue weighted by Crippen LogP contribution is 2.18. The van der Waals surface area contributed by atoms with Gasteiger partial charge >= 0.3 is 6.36 Å². The summed E-state index contributed by atoms with van der Waals surface area (Å²) < 4.78 is 37.7. The number of rotatable bonds is 1. The zero-order valence-corrected chi connectivity index (χ0v) is 4.77. The van der Waals surface area contributed by atoms with Gasteiger partial charge < -0.3 is 5.43 Å². The third-order valence-electron chi connectivity index (χ3n) is 0.841. The molecule has 0 radical (unpaired) electrons. The molecule has 2 N–H and O–H groups in total. The Morgan fingerprint density at radius 2 is 2.10 bits per heavy atom. The highest BCUT2D eigenvalue weighted by Gasteiger charge is 2.33. The van der Waals surface area contributed by atoms with Crippen LogP contribution in [0, 0.1) is 0 Å². The zero-order valence-electron chi connectivity index (χ0n) is 4.77. The molecule has 58 valence electrons. The summed E-state index contributed by atoms with van der Waals surface area (Å²) in [4.78, 5) is 0. The third kappa shape index (κ3) is 2.24. The number of hydrogen-bond donors (Lipinski definition) is 2. The minimum absolute atomic E-state index is 1.11. The van der Waals surface area contributed by atoms with E-state index >= 15 is 0 Å². The summed E-state index contributed by atoms with van der Waals surface area (Å²) in [5.41, 5.74) is 4.55. The van der Waals surface area contributed by atoms with Gasteiger partial charge in [-0.25, -0.2) is 5.43 Å². The van der Waals surface area contributed by atoms with Crippen LogP contribution in [0.25, 0.3) is 0 Å². The van der Waals surface area contributed by atoms with E-state index in [4.69, 9.17) is 0 Å². The molecule has 1 aliphatic rings. The maximum absolute atomic E-state index is 11.4. The van der Waals surface area contributed by atoms with Gasteiger partial charge in [0.2, 0.25) is 0 Å². The van der Waals surface area contributed by atoms with Crippen LogP contribution in [0.15, 0.2) is 12.3 Å². The molecule has 0 aromatic carbocycles. The van der Waals surface area contributed by atoms with Gasteiger partial charge in [0, 0.05) is 6.20 Å². The number of hydrogen-bond acceptors (Lipinski definition) is 3. The average molecular weight is 154 g/mol. The van der Waals surface area contributed by atoms with E-state index in [1.54, 1.807) is 0 Å². The Kier molecular flexibility index (Phi) is 1.82. The van der Waals surface area contributed by atoms with Crippen molar-refractivity contribution in [3.8, 4) is 0 Å². The lowest BCUT2D eigenvalue weighted by Crippen LogP contribution is -2.36. The van der Waals surface area contributed by atoms with Crippen LogP contribution in [0.2, 0.25) is 0 Å². The predicted octanol–water partition coefficient (Wildman–Crippen LogP) is 0.470. The molecule has 0 amide bonds. The van der Waals surface area contributed by atoms with Crippen LogP contribution in [-0.2, 0) is 4.74 Å². The first-order valence-corrected chi connectivity index (χ1v) is 2.50. The standard InChI is InChI=1S/C4H5F3N2O/c5-4(6,7)10-3-1-2-8-9-3/h1-3,8-9H. The van der Waals surface area contributed by atoms with Gasteiger partial charge in [-0.2, -0.15) is 0 Å². The summed E-state index contributed by atoms with van der Waals surface area (Å²) in [7, 11) is 0. The van der Waals surface area contributed by atoms with Crippen molar-refractivity contribution in [1.82, 2.24) is 10.9 Å². The second kappa shape index (κ2) is 2.47. The fourth-order valence-corrected chi connectivity index (χ4v) is 0.527. The predicted molar refractivity (Wildman–Crippen MR) is 26.3 cm³/mol. The van der Waals surface area contributed by atoms with Crippen molar-refractivity contribution >= 4 is 0 Å². The Morgan fingerprint density at radius 1 is 1.40 bits per heavy atom. The van der Waals surface area contributed by atoms with E-state index in [2.05, 4.69) is 15.6 Å². The molecule has 10 heavy (non-hydrogen) atoms. The maximum atomic E-state index is 11.4. The Hall–Kier alpha value is -0.750. The fraction of sp³-hybridized carbons (Fsp3) is 0.500. The molecule has 0 spiro atoms. The van der Waals surface area contributed by atoms with Crippen LogP contribution >= 0.6 is 0 Å². The Labute approximate surface area is 54.8 Å². The minimum atomic E-state index is -4.59. The SMILES string of the molecule is FC(F)(F)OC1C=CNN1. The van der Waals surface area contributed by atoms with Gasteiger partial charge in [0.25, 0.3) is 0 Å². The molecule has 1 unspecified atom stereocenters. The summed E-state index contributed by atoms with van der Waals surface area (Å²) in [6.07, 6.45) is -3.15. The molecule has 0 bridgehead atoms. The third-order valence-corrected chi connectivity index (χ3v) is 0.841. The Balaban J connectivity index is 2.31. The lowest BCUT2D eigenvalue weighted by molar-refractivity contribution is -0.339. The summed E-state index contributed by atoms with van der Waals surface area (Å²) in [6.45, 7) is 0. The number of alkyl halides is 3. The fourth-order valence-electron chi connectivity index (χ4n) is 0.527. The first kappa shape index (κ1) is 7.36. The summed E-state index contributed by atoms with van der Waals surface area (Å²) in [5.74, 6) is 0.